The summed E-state index contributed by atoms with van der Waals surface area (Å²) in [5.74, 6) is 1.07. The van der Waals surface area contributed by atoms with Gasteiger partial charge in [0, 0.05) is 11.6 Å². The fourth-order valence-corrected chi connectivity index (χ4v) is 2.58. The SMILES string of the molecule is COc1ccc(OC)c(NC(=O)C[NH+](C)Cc2ccc(OC(F)F)cc2)c1. The maximum atomic E-state index is 12.3. The Kier molecular flexibility index (Phi) is 7.36. The van der Waals surface area contributed by atoms with E-state index in [1.807, 2.05) is 7.05 Å². The van der Waals surface area contributed by atoms with Gasteiger partial charge in [-0.1, -0.05) is 0 Å². The highest BCUT2D eigenvalue weighted by atomic mass is 19.3. The van der Waals surface area contributed by atoms with Gasteiger partial charge < -0.3 is 24.4 Å². The molecule has 0 aromatic heterocycles. The highest BCUT2D eigenvalue weighted by Gasteiger charge is 2.14. The fourth-order valence-electron chi connectivity index (χ4n) is 2.58. The summed E-state index contributed by atoms with van der Waals surface area (Å²) in [6.07, 6.45) is 0. The average molecular weight is 381 g/mol. The number of benzene rings is 2. The van der Waals surface area contributed by atoms with Crippen LogP contribution in [0.1, 0.15) is 5.56 Å². The van der Waals surface area contributed by atoms with Crippen molar-refractivity contribution in [1.82, 2.24) is 0 Å². The molecule has 8 heteroatoms. The second kappa shape index (κ2) is 9.72. The summed E-state index contributed by atoms with van der Waals surface area (Å²) in [6, 6.07) is 11.5. The lowest BCUT2D eigenvalue weighted by Crippen LogP contribution is -3.08. The molecule has 1 amide bonds. The van der Waals surface area contributed by atoms with Gasteiger partial charge in [0.2, 0.25) is 0 Å². The third-order valence-electron chi connectivity index (χ3n) is 3.80. The monoisotopic (exact) mass is 381 g/mol. The molecule has 0 spiro atoms. The van der Waals surface area contributed by atoms with Gasteiger partial charge in [-0.2, -0.15) is 8.78 Å². The van der Waals surface area contributed by atoms with Crippen molar-refractivity contribution in [2.45, 2.75) is 13.2 Å². The molecule has 0 heterocycles. The average Bonchev–Trinajstić information content (AvgIpc) is 2.62. The number of hydrogen-bond acceptors (Lipinski definition) is 4. The molecule has 0 bridgehead atoms. The summed E-state index contributed by atoms with van der Waals surface area (Å²) in [6.45, 7) is -2.07. The predicted octanol–water partition coefficient (Wildman–Crippen LogP) is 1.96. The Labute approximate surface area is 156 Å². The molecular weight excluding hydrogens is 358 g/mol. The van der Waals surface area contributed by atoms with Crippen LogP contribution in [-0.2, 0) is 11.3 Å². The molecule has 2 N–H and O–H groups in total. The Morgan fingerprint density at radius 1 is 1.07 bits per heavy atom. The molecular formula is C19H23F2N2O4+. The van der Waals surface area contributed by atoms with Gasteiger partial charge in [0.1, 0.15) is 23.8 Å². The number of ether oxygens (including phenoxy) is 3. The zero-order valence-electron chi connectivity index (χ0n) is 15.4. The molecule has 146 valence electrons. The van der Waals surface area contributed by atoms with Gasteiger partial charge in [-0.15, -0.1) is 0 Å². The van der Waals surface area contributed by atoms with E-state index in [9.17, 15) is 13.6 Å². The molecule has 2 rings (SSSR count). The molecule has 0 aliphatic carbocycles. The van der Waals surface area contributed by atoms with Crippen molar-refractivity contribution in [3.8, 4) is 17.2 Å². The topological polar surface area (TPSA) is 61.2 Å². The van der Waals surface area contributed by atoms with Gasteiger partial charge in [-0.3, -0.25) is 4.79 Å². The number of anilines is 1. The van der Waals surface area contributed by atoms with E-state index in [1.165, 1.54) is 19.2 Å². The number of hydrogen-bond donors (Lipinski definition) is 2. The molecule has 0 aliphatic heterocycles. The van der Waals surface area contributed by atoms with Gasteiger partial charge in [-0.05, 0) is 36.4 Å². The minimum absolute atomic E-state index is 0.106. The lowest BCUT2D eigenvalue weighted by atomic mass is 10.2. The zero-order valence-corrected chi connectivity index (χ0v) is 15.4. The Morgan fingerprint density at radius 2 is 1.74 bits per heavy atom. The van der Waals surface area contributed by atoms with Crippen LogP contribution in [0.2, 0.25) is 0 Å². The van der Waals surface area contributed by atoms with Crippen LogP contribution in [0.25, 0.3) is 0 Å². The summed E-state index contributed by atoms with van der Waals surface area (Å²) in [7, 11) is 4.94. The number of carbonyl (C=O) groups excluding carboxylic acids is 1. The fraction of sp³-hybridized carbons (Fsp3) is 0.316. The second-order valence-electron chi connectivity index (χ2n) is 5.95. The summed E-state index contributed by atoms with van der Waals surface area (Å²) in [5.41, 5.74) is 1.43. The normalized spacial score (nSPS) is 11.8. The standard InChI is InChI=1S/C19H22F2N2O4/c1-23(11-13-4-6-14(7-5-13)27-19(20)21)12-18(24)22-16-10-15(25-2)8-9-17(16)26-3/h4-10,19H,11-12H2,1-3H3,(H,22,24)/p+1. The quantitative estimate of drug-likeness (QED) is 0.697. The Morgan fingerprint density at radius 3 is 2.33 bits per heavy atom. The molecule has 1 unspecified atom stereocenters. The summed E-state index contributed by atoms with van der Waals surface area (Å²) >= 11 is 0. The molecule has 0 saturated heterocycles. The molecule has 0 saturated carbocycles. The van der Waals surface area contributed by atoms with Crippen molar-refractivity contribution in [2.75, 3.05) is 33.1 Å². The summed E-state index contributed by atoms with van der Waals surface area (Å²) < 4.78 is 39.1. The van der Waals surface area contributed by atoms with Gasteiger partial charge in [0.15, 0.2) is 6.54 Å². The maximum Gasteiger partial charge on any atom is 0.387 e. The molecule has 0 fully saturated rings. The van der Waals surface area contributed by atoms with Crippen molar-refractivity contribution in [3.63, 3.8) is 0 Å². The predicted molar refractivity (Wildman–Crippen MR) is 96.7 cm³/mol. The van der Waals surface area contributed by atoms with Gasteiger partial charge in [0.25, 0.3) is 5.91 Å². The van der Waals surface area contributed by atoms with Gasteiger partial charge in [-0.25, -0.2) is 0 Å². The largest absolute Gasteiger partial charge is 0.497 e. The smallest absolute Gasteiger partial charge is 0.387 e. The zero-order chi connectivity index (χ0) is 19.8. The molecule has 1 atom stereocenters. The molecule has 27 heavy (non-hydrogen) atoms. The number of quaternary nitrogens is 1. The number of alkyl halides is 2. The van der Waals surface area contributed by atoms with Crippen molar-refractivity contribution in [1.29, 1.82) is 0 Å². The van der Waals surface area contributed by atoms with E-state index in [2.05, 4.69) is 10.1 Å². The Hall–Kier alpha value is -2.87. The highest BCUT2D eigenvalue weighted by molar-refractivity contribution is 5.93. The van der Waals surface area contributed by atoms with Crippen LogP contribution in [0.4, 0.5) is 14.5 Å². The number of nitrogens with one attached hydrogen (secondary N) is 2. The van der Waals surface area contributed by atoms with Crippen LogP contribution >= 0.6 is 0 Å². The number of carbonyl (C=O) groups is 1. The number of rotatable bonds is 9. The van der Waals surface area contributed by atoms with E-state index in [0.29, 0.717) is 23.7 Å². The first-order valence-electron chi connectivity index (χ1n) is 8.28. The third kappa shape index (κ3) is 6.41. The van der Waals surface area contributed by atoms with Crippen LogP contribution in [0.15, 0.2) is 42.5 Å². The maximum absolute atomic E-state index is 12.3. The summed E-state index contributed by atoms with van der Waals surface area (Å²) in [5, 5.41) is 2.82. The van der Waals surface area contributed by atoms with E-state index >= 15 is 0 Å². The highest BCUT2D eigenvalue weighted by Crippen LogP contribution is 2.28. The first kappa shape index (κ1) is 20.4. The van der Waals surface area contributed by atoms with Crippen LogP contribution in [0.5, 0.6) is 17.2 Å². The third-order valence-corrected chi connectivity index (χ3v) is 3.80. The molecule has 2 aromatic carbocycles. The lowest BCUT2D eigenvalue weighted by Gasteiger charge is -2.16. The van der Waals surface area contributed by atoms with Crippen molar-refractivity contribution in [3.05, 3.63) is 48.0 Å². The molecule has 2 aromatic rings. The van der Waals surface area contributed by atoms with E-state index in [0.717, 1.165) is 10.5 Å². The number of halogens is 2. The van der Waals surface area contributed by atoms with E-state index < -0.39 is 6.61 Å². The first-order valence-corrected chi connectivity index (χ1v) is 8.28. The Balaban J connectivity index is 1.92. The van der Waals surface area contributed by atoms with E-state index in [-0.39, 0.29) is 18.2 Å². The lowest BCUT2D eigenvalue weighted by molar-refractivity contribution is -0.885. The van der Waals surface area contributed by atoms with E-state index in [4.69, 9.17) is 9.47 Å². The molecule has 0 aliphatic rings. The van der Waals surface area contributed by atoms with Crippen LogP contribution in [0.3, 0.4) is 0 Å². The van der Waals surface area contributed by atoms with Gasteiger partial charge in [0.05, 0.1) is 27.0 Å². The number of methoxy groups -OCH3 is 2. The van der Waals surface area contributed by atoms with Crippen molar-refractivity contribution in [2.24, 2.45) is 0 Å². The second-order valence-corrected chi connectivity index (χ2v) is 5.95. The Bertz CT molecular complexity index is 754. The van der Waals surface area contributed by atoms with Crippen LogP contribution in [0, 0.1) is 0 Å². The number of likely N-dealkylation sites (N-methyl/N-ethyl adjacent to an activating group) is 1. The minimum Gasteiger partial charge on any atom is -0.497 e. The van der Waals surface area contributed by atoms with Crippen molar-refractivity contribution < 1.29 is 32.7 Å². The van der Waals surface area contributed by atoms with Crippen LogP contribution in [-0.4, -0.2) is 40.3 Å². The molecule has 6 nitrogen and oxygen atoms in total. The molecule has 0 radical (unpaired) electrons. The number of amides is 1. The summed E-state index contributed by atoms with van der Waals surface area (Å²) in [4.78, 5) is 13.3. The van der Waals surface area contributed by atoms with E-state index in [1.54, 1.807) is 37.4 Å². The van der Waals surface area contributed by atoms with Gasteiger partial charge >= 0.3 is 6.61 Å². The minimum atomic E-state index is -2.85. The van der Waals surface area contributed by atoms with Crippen molar-refractivity contribution >= 4 is 11.6 Å². The van der Waals surface area contributed by atoms with Crippen LogP contribution < -0.4 is 24.4 Å². The first-order chi connectivity index (χ1) is 12.9.